The van der Waals surface area contributed by atoms with Gasteiger partial charge in [-0.2, -0.15) is 8.78 Å². The third kappa shape index (κ3) is 12.5. The predicted octanol–water partition coefficient (Wildman–Crippen LogP) is 3.53. The van der Waals surface area contributed by atoms with Gasteiger partial charge in [0.25, 0.3) is 17.7 Å². The van der Waals surface area contributed by atoms with E-state index in [1.807, 2.05) is 60.7 Å². The van der Waals surface area contributed by atoms with Gasteiger partial charge in [-0.1, -0.05) is 72.8 Å². The number of benzene rings is 4. The van der Waals surface area contributed by atoms with E-state index in [4.69, 9.17) is 5.73 Å². The summed E-state index contributed by atoms with van der Waals surface area (Å²) in [5, 5.41) is 11.0. The molecule has 0 aliphatic carbocycles. The Morgan fingerprint density at radius 2 is 1.45 bits per heavy atom. The van der Waals surface area contributed by atoms with Crippen LogP contribution in [0.1, 0.15) is 117 Å². The van der Waals surface area contributed by atoms with Crippen molar-refractivity contribution >= 4 is 71.7 Å². The number of fused-ring (bicyclic) bond motifs is 3. The van der Waals surface area contributed by atoms with Crippen LogP contribution in [0.15, 0.2) is 103 Å². The van der Waals surface area contributed by atoms with E-state index in [1.54, 1.807) is 18.2 Å². The maximum atomic E-state index is 15.2. The van der Waals surface area contributed by atoms with Crippen molar-refractivity contribution in [2.75, 3.05) is 32.7 Å². The minimum Gasteiger partial charge on any atom is -0.370 e. The van der Waals surface area contributed by atoms with Gasteiger partial charge in [0.2, 0.25) is 35.4 Å². The number of nitrogens with one attached hydrogen (secondary N) is 5. The van der Waals surface area contributed by atoms with Crippen LogP contribution in [0.5, 0.6) is 0 Å². The van der Waals surface area contributed by atoms with Gasteiger partial charge in [-0.25, -0.2) is 0 Å². The van der Waals surface area contributed by atoms with Crippen LogP contribution < -0.4 is 27.0 Å². The molecule has 9 amide bonds. The molecule has 5 aliphatic rings. The highest BCUT2D eigenvalue weighted by molar-refractivity contribution is 7.52. The highest BCUT2D eigenvalue weighted by Crippen LogP contribution is 2.59. The normalized spacial score (nSPS) is 21.5. The molecular formula is C58H63F2N10O12P. The summed E-state index contributed by atoms with van der Waals surface area (Å²) in [6.45, 7) is 2.79. The van der Waals surface area contributed by atoms with Crippen molar-refractivity contribution < 1.29 is 66.3 Å². The number of imide groups is 2. The van der Waals surface area contributed by atoms with Crippen LogP contribution in [-0.4, -0.2) is 150 Å². The zero-order chi connectivity index (χ0) is 58.9. The molecule has 10 rings (SSSR count). The van der Waals surface area contributed by atoms with Crippen LogP contribution in [0.3, 0.4) is 0 Å². The van der Waals surface area contributed by atoms with E-state index in [0.29, 0.717) is 45.6 Å². The number of rotatable bonds is 18. The second-order valence-electron chi connectivity index (χ2n) is 22.0. The number of alkyl halides is 2. The van der Waals surface area contributed by atoms with Gasteiger partial charge in [-0.3, -0.25) is 62.8 Å². The fourth-order valence-electron chi connectivity index (χ4n) is 12.1. The van der Waals surface area contributed by atoms with Crippen LogP contribution in [-0.2, 0) is 45.5 Å². The van der Waals surface area contributed by atoms with Gasteiger partial charge in [-0.05, 0) is 111 Å². The molecule has 22 nitrogen and oxygen atoms in total. The Labute approximate surface area is 475 Å². The molecule has 83 heavy (non-hydrogen) atoms. The Morgan fingerprint density at radius 3 is 2.11 bits per heavy atom. The summed E-state index contributed by atoms with van der Waals surface area (Å²) < 4.78 is 41.3. The summed E-state index contributed by atoms with van der Waals surface area (Å²) in [7, 11) is -5.92. The van der Waals surface area contributed by atoms with E-state index in [0.717, 1.165) is 52.6 Å². The number of carbonyl (C=O) groups excluding carboxylic acids is 9. The topological polar surface area (TPSA) is 314 Å². The molecule has 0 bridgehead atoms. The summed E-state index contributed by atoms with van der Waals surface area (Å²) in [5.41, 5.74) is 2.82. The zero-order valence-electron chi connectivity index (χ0n) is 45.0. The first-order valence-corrected chi connectivity index (χ1v) is 29.2. The number of nitrogens with zero attached hydrogens (tertiary/aromatic N) is 4. The summed E-state index contributed by atoms with van der Waals surface area (Å²) in [6, 6.07) is 21.7. The monoisotopic (exact) mass is 1160 g/mol. The quantitative estimate of drug-likeness (QED) is 0.0460. The molecule has 436 valence electrons. The zero-order valence-corrected chi connectivity index (χ0v) is 45.9. The first kappa shape index (κ1) is 58.2. The molecule has 9 N–H and O–H groups in total. The van der Waals surface area contributed by atoms with Crippen molar-refractivity contribution in [3.8, 4) is 0 Å². The van der Waals surface area contributed by atoms with Crippen LogP contribution in [0.4, 0.5) is 8.78 Å². The summed E-state index contributed by atoms with van der Waals surface area (Å²) in [5.74, 6) is -5.51. The van der Waals surface area contributed by atoms with E-state index in [1.165, 1.54) is 11.0 Å². The van der Waals surface area contributed by atoms with Gasteiger partial charge in [0, 0.05) is 61.5 Å². The predicted molar refractivity (Wildman–Crippen MR) is 295 cm³/mol. The van der Waals surface area contributed by atoms with Gasteiger partial charge < -0.3 is 46.3 Å². The molecule has 5 atom stereocenters. The lowest BCUT2D eigenvalue weighted by molar-refractivity contribution is -0.144. The van der Waals surface area contributed by atoms with Crippen molar-refractivity contribution in [3.05, 3.63) is 142 Å². The molecule has 4 saturated heterocycles. The lowest BCUT2D eigenvalue weighted by Crippen LogP contribution is -2.61. The van der Waals surface area contributed by atoms with Crippen molar-refractivity contribution in [1.82, 2.24) is 45.9 Å². The van der Waals surface area contributed by atoms with Gasteiger partial charge in [0.05, 0.1) is 17.2 Å². The number of likely N-dealkylation sites (tertiary alicyclic amines) is 1. The Bertz CT molecular complexity index is 3390. The van der Waals surface area contributed by atoms with E-state index in [-0.39, 0.29) is 72.3 Å². The van der Waals surface area contributed by atoms with Crippen LogP contribution >= 0.6 is 7.60 Å². The number of amides is 9. The Kier molecular flexibility index (Phi) is 16.9. The average Bonchev–Trinajstić information content (AvgIpc) is 4.35. The largest absolute Gasteiger partial charge is 0.399 e. The van der Waals surface area contributed by atoms with Crippen LogP contribution in [0, 0.1) is 5.92 Å². The number of primary amides is 1. The van der Waals surface area contributed by atoms with Crippen molar-refractivity contribution in [2.24, 2.45) is 11.7 Å². The third-order valence-electron chi connectivity index (χ3n) is 16.5. The number of piperidine rings is 2. The van der Waals surface area contributed by atoms with Gasteiger partial charge in [0.15, 0.2) is 0 Å². The smallest absolute Gasteiger partial charge is 0.370 e. The number of hydrogen-bond donors (Lipinski definition) is 8. The molecule has 5 aliphatic heterocycles. The summed E-state index contributed by atoms with van der Waals surface area (Å²) in [6.07, 6.45) is 2.22. The summed E-state index contributed by atoms with van der Waals surface area (Å²) >= 11 is 0. The highest BCUT2D eigenvalue weighted by Gasteiger charge is 2.51. The maximum absolute atomic E-state index is 15.2. The molecule has 4 fully saturated rings. The first-order chi connectivity index (χ1) is 39.6. The molecule has 0 saturated carbocycles. The number of halogens is 2. The average molecular weight is 1160 g/mol. The van der Waals surface area contributed by atoms with E-state index in [9.17, 15) is 61.5 Å². The molecule has 0 spiro atoms. The SMILES string of the molecule is NC(=O)CC[C@H](NC(=O)[C@@H]1CC[C@@H]2CCN(CC3CCN(Cc4ccc5c(c4)C(=O)N(C4CCC(=O)NC4=O)C5=O)CC3)C[C@H](NC(=O)c3cc4cc(C(F)(F)P(=O)(O)O)ccc4[nH]3)C(=O)N21)C(=O)NC(c1ccccc1)c1ccccc1. The van der Waals surface area contributed by atoms with E-state index < -0.39 is 108 Å². The maximum Gasteiger partial charge on any atom is 0.399 e. The molecule has 4 aromatic carbocycles. The molecule has 0 radical (unpaired) electrons. The van der Waals surface area contributed by atoms with Crippen molar-refractivity contribution in [2.45, 2.75) is 106 Å². The number of H-pyrrole nitrogens is 1. The molecule has 6 heterocycles. The molecule has 25 heteroatoms. The fourth-order valence-corrected chi connectivity index (χ4v) is 12.6. The highest BCUT2D eigenvalue weighted by atomic mass is 31.2. The van der Waals surface area contributed by atoms with Crippen molar-refractivity contribution in [1.29, 1.82) is 0 Å². The minimum atomic E-state index is -5.92. The second-order valence-corrected chi connectivity index (χ2v) is 23.7. The number of hydrogen-bond acceptors (Lipinski definition) is 12. The van der Waals surface area contributed by atoms with Crippen LogP contribution in [0.2, 0.25) is 0 Å². The van der Waals surface area contributed by atoms with E-state index in [2.05, 4.69) is 36.1 Å². The molecule has 5 aromatic rings. The van der Waals surface area contributed by atoms with Gasteiger partial charge >= 0.3 is 13.3 Å². The number of aromatic amines is 1. The Hall–Kier alpha value is -8.02. The third-order valence-corrected chi connectivity index (χ3v) is 17.4. The standard InChI is InChI=1S/C58H63F2N10O12P/c59-58(60,83(80,81)82)38-12-15-42-37(28-38)29-44(62-42)52(74)64-45-32-68(30-33-21-24-67(25-22-33)31-34-11-14-40-41(27-34)56(78)70(55(40)77)47-18-20-49(72)65-54(47)76)26-23-39-13-17-46(69(39)57(45)79)53(75)63-43(16-19-48(61)71)51(73)66-50(35-7-3-1-4-8-35)36-9-5-2-6-10-36/h1-12,14-15,27-29,33,39,43,45-47,50,62H,13,16-26,30-32H2,(H2,61,71)(H,63,75)(H,64,74)(H,66,73)(H,65,72,76)(H2,80,81,82)/t39-,43+,45+,46+,47?/m1/s1. The van der Waals surface area contributed by atoms with Crippen LogP contribution in [0.25, 0.3) is 10.9 Å². The van der Waals surface area contributed by atoms with Gasteiger partial charge in [0.1, 0.15) is 29.9 Å². The Balaban J connectivity index is 0.846. The Morgan fingerprint density at radius 1 is 0.771 bits per heavy atom. The molecule has 1 aromatic heterocycles. The molecule has 1 unspecified atom stereocenters. The number of carbonyl (C=O) groups is 9. The van der Waals surface area contributed by atoms with Gasteiger partial charge in [-0.15, -0.1) is 0 Å². The lowest BCUT2D eigenvalue weighted by atomic mass is 9.94. The summed E-state index contributed by atoms with van der Waals surface area (Å²) in [4.78, 5) is 150. The molecular weight excluding hydrogens is 1100 g/mol. The number of aromatic nitrogens is 1. The number of nitrogens with two attached hydrogens (primary N) is 1. The van der Waals surface area contributed by atoms with Crippen molar-refractivity contribution in [3.63, 3.8) is 0 Å². The lowest BCUT2D eigenvalue weighted by Gasteiger charge is -2.40. The minimum absolute atomic E-state index is 0.00293. The fraction of sp³-hybridized carbons (Fsp3) is 0.397. The van der Waals surface area contributed by atoms with E-state index >= 15 is 4.79 Å². The first-order valence-electron chi connectivity index (χ1n) is 27.6. The second kappa shape index (κ2) is 24.1.